The summed E-state index contributed by atoms with van der Waals surface area (Å²) in [6.45, 7) is 9.87. The highest BCUT2D eigenvalue weighted by Crippen LogP contribution is 2.35. The van der Waals surface area contributed by atoms with Gasteiger partial charge in [0, 0.05) is 16.2 Å². The van der Waals surface area contributed by atoms with E-state index in [1.807, 2.05) is 12.1 Å². The van der Waals surface area contributed by atoms with Gasteiger partial charge < -0.3 is 15.7 Å². The van der Waals surface area contributed by atoms with E-state index >= 15 is 0 Å². The average molecular weight is 456 g/mol. The lowest BCUT2D eigenvalue weighted by Crippen LogP contribution is -2.19. The van der Waals surface area contributed by atoms with Gasteiger partial charge in [0.1, 0.15) is 5.02 Å². The van der Waals surface area contributed by atoms with Crippen molar-refractivity contribution in [3.63, 3.8) is 0 Å². The monoisotopic (exact) mass is 454 g/mol. The first-order chi connectivity index (χ1) is 12.7. The second-order valence-corrected chi connectivity index (χ2v) is 8.28. The van der Waals surface area contributed by atoms with Gasteiger partial charge in [-0.25, -0.2) is 4.98 Å². The normalized spacial score (nSPS) is 11.7. The Balaban J connectivity index is 2.37. The van der Waals surface area contributed by atoms with Crippen molar-refractivity contribution in [2.24, 2.45) is 0 Å². The van der Waals surface area contributed by atoms with E-state index in [-0.39, 0.29) is 0 Å². The summed E-state index contributed by atoms with van der Waals surface area (Å²) in [5.41, 5.74) is 1.77. The minimum absolute atomic E-state index is 0.311. The molecule has 0 unspecified atom stereocenters. The van der Waals surface area contributed by atoms with Crippen LogP contribution in [0.1, 0.15) is 58.6 Å². The van der Waals surface area contributed by atoms with Crippen molar-refractivity contribution in [1.82, 2.24) is 9.97 Å². The van der Waals surface area contributed by atoms with Crippen LogP contribution >= 0.6 is 27.5 Å². The predicted octanol–water partition coefficient (Wildman–Crippen LogP) is 6.03. The Kier molecular flexibility index (Phi) is 7.48. The molecule has 0 fully saturated rings. The summed E-state index contributed by atoms with van der Waals surface area (Å²) in [4.78, 5) is 8.83. The molecule has 5 nitrogen and oxygen atoms in total. The number of nitrogens with one attached hydrogen (secondary N) is 2. The van der Waals surface area contributed by atoms with Gasteiger partial charge in [-0.15, -0.1) is 0 Å². The number of aryl methyl sites for hydroxylation is 1. The van der Waals surface area contributed by atoms with Crippen LogP contribution < -0.4 is 10.6 Å². The summed E-state index contributed by atoms with van der Waals surface area (Å²) in [6, 6.07) is 4.26. The Hall–Kier alpha value is -1.37. The molecule has 1 aromatic carbocycles. The highest BCUT2D eigenvalue weighted by molar-refractivity contribution is 9.10. The molecule has 0 radical (unpaired) electrons. The Morgan fingerprint density at radius 2 is 1.89 bits per heavy atom. The molecule has 0 aliphatic carbocycles. The number of hydrogen-bond acceptors (Lipinski definition) is 5. The largest absolute Gasteiger partial charge is 0.386 e. The molecule has 0 amide bonds. The number of benzene rings is 1. The van der Waals surface area contributed by atoms with E-state index in [4.69, 9.17) is 11.6 Å². The molecule has 148 valence electrons. The summed E-state index contributed by atoms with van der Waals surface area (Å²) in [7, 11) is 0. The number of aliphatic hydroxyl groups is 1. The van der Waals surface area contributed by atoms with Gasteiger partial charge in [0.05, 0.1) is 11.8 Å². The number of halogens is 2. The molecule has 0 aliphatic heterocycles. The Morgan fingerprint density at radius 1 is 1.22 bits per heavy atom. The SMILES string of the molecule is CCc1cc(Nc2ncc(Cl)c(NC(CC)CC)n2)cc(C(C)(C)O)c1Br. The van der Waals surface area contributed by atoms with Crippen LogP contribution in [-0.2, 0) is 12.0 Å². The van der Waals surface area contributed by atoms with Crippen LogP contribution in [0.25, 0.3) is 0 Å². The molecular weight excluding hydrogens is 428 g/mol. The van der Waals surface area contributed by atoms with E-state index in [0.717, 1.165) is 40.5 Å². The van der Waals surface area contributed by atoms with Crippen LogP contribution in [0.3, 0.4) is 0 Å². The van der Waals surface area contributed by atoms with E-state index in [2.05, 4.69) is 57.3 Å². The van der Waals surface area contributed by atoms with Crippen molar-refractivity contribution in [1.29, 1.82) is 0 Å². The highest BCUT2D eigenvalue weighted by Gasteiger charge is 2.22. The molecule has 0 aliphatic rings. The maximum atomic E-state index is 10.5. The van der Waals surface area contributed by atoms with Crippen LogP contribution in [0.5, 0.6) is 0 Å². The fourth-order valence-electron chi connectivity index (χ4n) is 2.80. The number of nitrogens with zero attached hydrogens (tertiary/aromatic N) is 2. The quantitative estimate of drug-likeness (QED) is 0.453. The molecule has 0 atom stereocenters. The van der Waals surface area contributed by atoms with Gasteiger partial charge in [-0.2, -0.15) is 4.98 Å². The van der Waals surface area contributed by atoms with Gasteiger partial charge in [0.2, 0.25) is 5.95 Å². The molecule has 7 heteroatoms. The number of rotatable bonds is 8. The molecule has 2 rings (SSSR count). The lowest BCUT2D eigenvalue weighted by molar-refractivity contribution is 0.0778. The van der Waals surface area contributed by atoms with Crippen LogP contribution in [0, 0.1) is 0 Å². The van der Waals surface area contributed by atoms with Crippen molar-refractivity contribution in [2.75, 3.05) is 10.6 Å². The van der Waals surface area contributed by atoms with E-state index < -0.39 is 5.60 Å². The lowest BCUT2D eigenvalue weighted by atomic mass is 9.95. The zero-order valence-corrected chi connectivity index (χ0v) is 18.9. The average Bonchev–Trinajstić information content (AvgIpc) is 2.62. The fourth-order valence-corrected chi connectivity index (χ4v) is 3.94. The third-order valence-electron chi connectivity index (χ3n) is 4.51. The zero-order valence-electron chi connectivity index (χ0n) is 16.5. The first-order valence-corrected chi connectivity index (χ1v) is 10.5. The topological polar surface area (TPSA) is 70.1 Å². The van der Waals surface area contributed by atoms with Gasteiger partial charge in [0.25, 0.3) is 0 Å². The van der Waals surface area contributed by atoms with Crippen LogP contribution in [0.15, 0.2) is 22.8 Å². The zero-order chi connectivity index (χ0) is 20.2. The van der Waals surface area contributed by atoms with Gasteiger partial charge in [0.15, 0.2) is 5.82 Å². The minimum Gasteiger partial charge on any atom is -0.386 e. The number of aromatic nitrogens is 2. The van der Waals surface area contributed by atoms with Gasteiger partial charge in [-0.05, 0) is 56.4 Å². The van der Waals surface area contributed by atoms with Gasteiger partial charge >= 0.3 is 0 Å². The number of hydrogen-bond donors (Lipinski definition) is 3. The van der Waals surface area contributed by atoms with Gasteiger partial charge in [-0.3, -0.25) is 0 Å². The third kappa shape index (κ3) is 5.56. The van der Waals surface area contributed by atoms with Crippen LogP contribution in [0.4, 0.5) is 17.5 Å². The summed E-state index contributed by atoms with van der Waals surface area (Å²) in [6.07, 6.45) is 4.41. The summed E-state index contributed by atoms with van der Waals surface area (Å²) >= 11 is 9.87. The molecule has 0 saturated carbocycles. The van der Waals surface area contributed by atoms with Crippen molar-refractivity contribution in [2.45, 2.75) is 65.5 Å². The summed E-state index contributed by atoms with van der Waals surface area (Å²) in [5.74, 6) is 1.08. The van der Waals surface area contributed by atoms with Gasteiger partial charge in [-0.1, -0.05) is 48.3 Å². The first kappa shape index (κ1) is 21.9. The molecule has 2 aromatic rings. The van der Waals surface area contributed by atoms with E-state index in [1.54, 1.807) is 20.0 Å². The minimum atomic E-state index is -0.969. The van der Waals surface area contributed by atoms with E-state index in [9.17, 15) is 5.11 Å². The van der Waals surface area contributed by atoms with Crippen LogP contribution in [-0.4, -0.2) is 21.1 Å². The highest BCUT2D eigenvalue weighted by atomic mass is 79.9. The second-order valence-electron chi connectivity index (χ2n) is 7.08. The van der Waals surface area contributed by atoms with Crippen molar-refractivity contribution < 1.29 is 5.11 Å². The fraction of sp³-hybridized carbons (Fsp3) is 0.500. The lowest BCUT2D eigenvalue weighted by Gasteiger charge is -2.23. The predicted molar refractivity (Wildman–Crippen MR) is 117 cm³/mol. The Labute approximate surface area is 175 Å². The standard InChI is InChI=1S/C20H28BrClN4O/c1-6-12-9-14(10-15(17(12)21)20(4,5)27)25-19-23-11-16(22)18(26-19)24-13(7-2)8-3/h9-11,13,27H,6-8H2,1-5H3,(H2,23,24,25,26). The van der Waals surface area contributed by atoms with Crippen molar-refractivity contribution in [3.8, 4) is 0 Å². The molecule has 3 N–H and O–H groups in total. The molecule has 0 bridgehead atoms. The first-order valence-electron chi connectivity index (χ1n) is 9.30. The van der Waals surface area contributed by atoms with E-state index in [0.29, 0.717) is 22.8 Å². The Bertz CT molecular complexity index is 788. The third-order valence-corrected chi connectivity index (χ3v) is 5.73. The molecule has 27 heavy (non-hydrogen) atoms. The Morgan fingerprint density at radius 3 is 2.44 bits per heavy atom. The van der Waals surface area contributed by atoms with Crippen molar-refractivity contribution in [3.05, 3.63) is 39.0 Å². The molecule has 0 saturated heterocycles. The van der Waals surface area contributed by atoms with E-state index in [1.165, 1.54) is 0 Å². The molecule has 1 aromatic heterocycles. The number of anilines is 3. The molecule has 1 heterocycles. The van der Waals surface area contributed by atoms with Crippen molar-refractivity contribution >= 4 is 45.0 Å². The summed E-state index contributed by atoms with van der Waals surface area (Å²) < 4.78 is 0.927. The second kappa shape index (κ2) is 9.22. The van der Waals surface area contributed by atoms with Crippen LogP contribution in [0.2, 0.25) is 5.02 Å². The smallest absolute Gasteiger partial charge is 0.229 e. The molecular formula is C20H28BrClN4O. The maximum absolute atomic E-state index is 10.5. The maximum Gasteiger partial charge on any atom is 0.229 e. The summed E-state index contributed by atoms with van der Waals surface area (Å²) in [5, 5.41) is 17.6. The molecule has 0 spiro atoms.